The fraction of sp³-hybridized carbons (Fsp3) is 0.625. The van der Waals surface area contributed by atoms with Crippen molar-refractivity contribution in [2.24, 2.45) is 17.6 Å². The molecule has 1 aromatic carbocycles. The van der Waals surface area contributed by atoms with Crippen LogP contribution in [0.15, 0.2) is 12.1 Å². The van der Waals surface area contributed by atoms with Crippen LogP contribution in [0, 0.1) is 29.3 Å². The fourth-order valence-electron chi connectivity index (χ4n) is 3.31. The summed E-state index contributed by atoms with van der Waals surface area (Å²) in [5, 5.41) is 0. The fourth-order valence-corrected chi connectivity index (χ4v) is 3.31. The van der Waals surface area contributed by atoms with E-state index in [4.69, 9.17) is 15.2 Å². The van der Waals surface area contributed by atoms with Gasteiger partial charge in [-0.25, -0.2) is 13.2 Å². The van der Waals surface area contributed by atoms with Crippen LogP contribution in [-0.4, -0.2) is 19.3 Å². The topological polar surface area (TPSA) is 44.5 Å². The third kappa shape index (κ3) is 3.29. The maximum atomic E-state index is 13.3. The van der Waals surface area contributed by atoms with Crippen molar-refractivity contribution >= 4 is 0 Å². The Labute approximate surface area is 127 Å². The summed E-state index contributed by atoms with van der Waals surface area (Å²) in [6.45, 7) is 0.955. The van der Waals surface area contributed by atoms with Crippen LogP contribution < -0.4 is 5.73 Å². The summed E-state index contributed by atoms with van der Waals surface area (Å²) < 4.78 is 50.7. The number of rotatable bonds is 2. The molecule has 2 fully saturated rings. The molecule has 1 heterocycles. The lowest BCUT2D eigenvalue weighted by Crippen LogP contribution is -2.36. The lowest BCUT2D eigenvalue weighted by molar-refractivity contribution is -0.214. The molecule has 0 aromatic heterocycles. The molecule has 0 radical (unpaired) electrons. The number of hydrogen-bond donors (Lipinski definition) is 1. The summed E-state index contributed by atoms with van der Waals surface area (Å²) in [6.07, 6.45) is 3.30. The highest BCUT2D eigenvalue weighted by atomic mass is 19.2. The first-order chi connectivity index (χ1) is 10.5. The Hall–Kier alpha value is -1.11. The van der Waals surface area contributed by atoms with Crippen molar-refractivity contribution in [1.82, 2.24) is 0 Å². The molecule has 6 heteroatoms. The van der Waals surface area contributed by atoms with Gasteiger partial charge in [0.15, 0.2) is 23.7 Å². The molecule has 0 spiro atoms. The minimum absolute atomic E-state index is 0.167. The Kier molecular flexibility index (Phi) is 4.70. The standard InChI is InChI=1S/C16H20F3NO2/c17-13-5-10(6-14(18)15(13)19)16-21-7-11(8-22-16)9-1-3-12(20)4-2-9/h5-6,9,11-12,16H,1-4,7-8,20H2. The van der Waals surface area contributed by atoms with Gasteiger partial charge in [0.1, 0.15) is 0 Å². The van der Waals surface area contributed by atoms with Gasteiger partial charge in [0.05, 0.1) is 13.2 Å². The van der Waals surface area contributed by atoms with Gasteiger partial charge in [-0.3, -0.25) is 0 Å². The third-order valence-electron chi connectivity index (χ3n) is 4.68. The molecule has 1 aliphatic heterocycles. The summed E-state index contributed by atoms with van der Waals surface area (Å²) >= 11 is 0. The van der Waals surface area contributed by atoms with Gasteiger partial charge in [-0.15, -0.1) is 0 Å². The van der Waals surface area contributed by atoms with Crippen LogP contribution in [0.4, 0.5) is 13.2 Å². The lowest BCUT2D eigenvalue weighted by atomic mass is 9.79. The molecule has 1 aliphatic carbocycles. The van der Waals surface area contributed by atoms with Gasteiger partial charge < -0.3 is 15.2 Å². The van der Waals surface area contributed by atoms with E-state index in [9.17, 15) is 13.2 Å². The minimum atomic E-state index is -1.48. The summed E-state index contributed by atoms with van der Waals surface area (Å²) in [5.74, 6) is -3.14. The maximum Gasteiger partial charge on any atom is 0.194 e. The number of hydrogen-bond acceptors (Lipinski definition) is 3. The monoisotopic (exact) mass is 315 g/mol. The summed E-state index contributed by atoms with van der Waals surface area (Å²) in [4.78, 5) is 0. The molecule has 3 rings (SSSR count). The highest BCUT2D eigenvalue weighted by Gasteiger charge is 2.32. The largest absolute Gasteiger partial charge is 0.348 e. The highest BCUT2D eigenvalue weighted by Crippen LogP contribution is 2.35. The molecule has 0 atom stereocenters. The van der Waals surface area contributed by atoms with Crippen molar-refractivity contribution in [3.05, 3.63) is 35.1 Å². The van der Waals surface area contributed by atoms with Crippen LogP contribution >= 0.6 is 0 Å². The van der Waals surface area contributed by atoms with Crippen LogP contribution in [0.5, 0.6) is 0 Å². The van der Waals surface area contributed by atoms with E-state index in [1.54, 1.807) is 0 Å². The molecule has 1 aromatic rings. The van der Waals surface area contributed by atoms with Gasteiger partial charge in [0.2, 0.25) is 0 Å². The van der Waals surface area contributed by atoms with E-state index in [1.165, 1.54) is 0 Å². The number of ether oxygens (including phenoxy) is 2. The van der Waals surface area contributed by atoms with Crippen LogP contribution in [0.3, 0.4) is 0 Å². The van der Waals surface area contributed by atoms with Crippen LogP contribution in [0.1, 0.15) is 37.5 Å². The Morgan fingerprint density at radius 3 is 1.95 bits per heavy atom. The van der Waals surface area contributed by atoms with Gasteiger partial charge in [0.25, 0.3) is 0 Å². The first-order valence-corrected chi connectivity index (χ1v) is 7.68. The van der Waals surface area contributed by atoms with Crippen molar-refractivity contribution in [2.75, 3.05) is 13.2 Å². The molecule has 2 N–H and O–H groups in total. The SMILES string of the molecule is NC1CCC(C2COC(c3cc(F)c(F)c(F)c3)OC2)CC1. The lowest BCUT2D eigenvalue weighted by Gasteiger charge is -2.37. The zero-order valence-electron chi connectivity index (χ0n) is 12.2. The number of nitrogens with two attached hydrogens (primary N) is 1. The van der Waals surface area contributed by atoms with Gasteiger partial charge in [-0.1, -0.05) is 0 Å². The molecule has 1 saturated carbocycles. The second-order valence-corrected chi connectivity index (χ2v) is 6.23. The van der Waals surface area contributed by atoms with Gasteiger partial charge in [-0.05, 0) is 43.7 Å². The van der Waals surface area contributed by atoms with Gasteiger partial charge >= 0.3 is 0 Å². The van der Waals surface area contributed by atoms with E-state index in [0.29, 0.717) is 25.2 Å². The molecule has 0 bridgehead atoms. The second-order valence-electron chi connectivity index (χ2n) is 6.23. The molecule has 1 saturated heterocycles. The molecule has 22 heavy (non-hydrogen) atoms. The van der Waals surface area contributed by atoms with Gasteiger partial charge in [-0.2, -0.15) is 0 Å². The van der Waals surface area contributed by atoms with Gasteiger partial charge in [0, 0.05) is 17.5 Å². The molecular formula is C16H20F3NO2. The van der Waals surface area contributed by atoms with Crippen molar-refractivity contribution in [3.63, 3.8) is 0 Å². The maximum absolute atomic E-state index is 13.3. The van der Waals surface area contributed by atoms with E-state index < -0.39 is 23.7 Å². The Morgan fingerprint density at radius 1 is 0.864 bits per heavy atom. The van der Waals surface area contributed by atoms with Crippen LogP contribution in [0.25, 0.3) is 0 Å². The normalized spacial score (nSPS) is 32.9. The van der Waals surface area contributed by atoms with E-state index >= 15 is 0 Å². The van der Waals surface area contributed by atoms with Crippen molar-refractivity contribution in [1.29, 1.82) is 0 Å². The number of benzene rings is 1. The average molecular weight is 315 g/mol. The van der Waals surface area contributed by atoms with Crippen molar-refractivity contribution in [2.45, 2.75) is 38.0 Å². The molecular weight excluding hydrogens is 295 g/mol. The molecule has 3 nitrogen and oxygen atoms in total. The first-order valence-electron chi connectivity index (χ1n) is 7.68. The number of halogens is 3. The van der Waals surface area contributed by atoms with Crippen LogP contribution in [0.2, 0.25) is 0 Å². The van der Waals surface area contributed by atoms with Crippen molar-refractivity contribution in [3.8, 4) is 0 Å². The van der Waals surface area contributed by atoms with E-state index in [-0.39, 0.29) is 11.5 Å². The van der Waals surface area contributed by atoms with E-state index in [0.717, 1.165) is 37.8 Å². The van der Waals surface area contributed by atoms with E-state index in [1.807, 2.05) is 0 Å². The average Bonchev–Trinajstić information content (AvgIpc) is 2.53. The molecule has 0 amide bonds. The van der Waals surface area contributed by atoms with Crippen molar-refractivity contribution < 1.29 is 22.6 Å². The quantitative estimate of drug-likeness (QED) is 0.852. The van der Waals surface area contributed by atoms with Crippen LogP contribution in [-0.2, 0) is 9.47 Å². The molecule has 122 valence electrons. The zero-order valence-corrected chi connectivity index (χ0v) is 12.2. The smallest absolute Gasteiger partial charge is 0.194 e. The third-order valence-corrected chi connectivity index (χ3v) is 4.68. The second kappa shape index (κ2) is 6.56. The minimum Gasteiger partial charge on any atom is -0.348 e. The Bertz CT molecular complexity index is 501. The highest BCUT2D eigenvalue weighted by molar-refractivity contribution is 5.20. The molecule has 0 unspecified atom stereocenters. The van der Waals surface area contributed by atoms with E-state index in [2.05, 4.69) is 0 Å². The molecule has 2 aliphatic rings. The summed E-state index contributed by atoms with van der Waals surface area (Å²) in [7, 11) is 0. The summed E-state index contributed by atoms with van der Waals surface area (Å²) in [6, 6.07) is 2.13. The zero-order chi connectivity index (χ0) is 15.7. The summed E-state index contributed by atoms with van der Waals surface area (Å²) in [5.41, 5.74) is 6.07. The predicted molar refractivity (Wildman–Crippen MR) is 74.4 cm³/mol. The predicted octanol–water partition coefficient (Wildman–Crippen LogP) is 3.28. The first kappa shape index (κ1) is 15.8. The Morgan fingerprint density at radius 2 is 1.41 bits per heavy atom. The Balaban J connectivity index is 1.60.